The highest BCUT2D eigenvalue weighted by molar-refractivity contribution is 6.15. The molecule has 3 aliphatic heterocycles. The van der Waals surface area contributed by atoms with Crippen LogP contribution in [0.5, 0.6) is 5.75 Å². The van der Waals surface area contributed by atoms with Crippen LogP contribution in [0.3, 0.4) is 0 Å². The summed E-state index contributed by atoms with van der Waals surface area (Å²) < 4.78 is 131. The summed E-state index contributed by atoms with van der Waals surface area (Å²) in [4.78, 5) is 109. The SMILES string of the molecule is Cc1ccc(NC(=O)c2cc(-c3cccc4c3C(C)(C)C(=O)N4Cc3ncccn3)ccc2C(F)(F)F)cc1.Cc1ccc(NC(=O)c2cc(-c3cccc4c3C(C)(C)C(=O)N4c3ccncn3)cnc2C(F)(F)F)cc1.Cc1ccc(NC(=O)c2cc(-c3cccc4c3OC(C)(C)C(=O)N4c3ccccn3)ccc2C(F)(F)F)cc1. The van der Waals surface area contributed by atoms with E-state index in [0.29, 0.717) is 90.5 Å². The normalized spacial score (nSPS) is 14.4. The van der Waals surface area contributed by atoms with E-state index >= 15 is 0 Å². The number of hydrogen-bond donors (Lipinski definition) is 3. The Bertz CT molecular complexity index is 5810. The number of carbonyl (C=O) groups is 6. The predicted molar refractivity (Wildman–Crippen MR) is 420 cm³/mol. The smallest absolute Gasteiger partial charge is 0.434 e. The van der Waals surface area contributed by atoms with Gasteiger partial charge in [-0.15, -0.1) is 0 Å². The monoisotopic (exact) mass is 1580 g/mol. The molecule has 8 aromatic carbocycles. The maximum atomic E-state index is 13.9. The van der Waals surface area contributed by atoms with E-state index in [1.54, 1.807) is 223 Å². The Morgan fingerprint density at radius 2 is 0.862 bits per heavy atom. The Kier molecular flexibility index (Phi) is 21.7. The number of benzene rings is 8. The minimum atomic E-state index is -4.85. The van der Waals surface area contributed by atoms with Gasteiger partial charge in [-0.2, -0.15) is 39.5 Å². The minimum Gasteiger partial charge on any atom is -0.475 e. The number of anilines is 8. The summed E-state index contributed by atoms with van der Waals surface area (Å²) >= 11 is 0. The Hall–Kier alpha value is -13.8. The number of nitrogens with zero attached hydrogens (tertiary/aromatic N) is 9. The van der Waals surface area contributed by atoms with Gasteiger partial charge in [0.25, 0.3) is 23.6 Å². The maximum Gasteiger partial charge on any atom is 0.434 e. The molecular formula is C88H71F9N12O7. The highest BCUT2D eigenvalue weighted by Crippen LogP contribution is 2.52. The van der Waals surface area contributed by atoms with Crippen LogP contribution in [-0.4, -0.2) is 70.9 Å². The van der Waals surface area contributed by atoms with E-state index < -0.39 is 86.2 Å². The summed E-state index contributed by atoms with van der Waals surface area (Å²) in [5.74, 6) is -2.00. The lowest BCUT2D eigenvalue weighted by atomic mass is 9.81. The van der Waals surface area contributed by atoms with Gasteiger partial charge in [0, 0.05) is 64.9 Å². The number of fused-ring (bicyclic) bond motifs is 3. The first-order valence-corrected chi connectivity index (χ1v) is 36.1. The quantitative estimate of drug-likeness (QED) is 0.0912. The molecule has 0 atom stereocenters. The van der Waals surface area contributed by atoms with Crippen molar-refractivity contribution < 1.29 is 73.0 Å². The predicted octanol–water partition coefficient (Wildman–Crippen LogP) is 19.8. The second kappa shape index (κ2) is 31.3. The number of amides is 6. The van der Waals surface area contributed by atoms with Crippen LogP contribution in [0.2, 0.25) is 0 Å². The van der Waals surface area contributed by atoms with Crippen LogP contribution in [0, 0.1) is 20.8 Å². The first-order valence-electron chi connectivity index (χ1n) is 36.1. The van der Waals surface area contributed by atoms with E-state index in [-0.39, 0.29) is 35.6 Å². The molecule has 116 heavy (non-hydrogen) atoms. The third-order valence-corrected chi connectivity index (χ3v) is 19.7. The Morgan fingerprint density at radius 3 is 1.36 bits per heavy atom. The minimum absolute atomic E-state index is 0.150. The fourth-order valence-corrected chi connectivity index (χ4v) is 13.9. The van der Waals surface area contributed by atoms with Crippen LogP contribution in [0.1, 0.15) is 123 Å². The van der Waals surface area contributed by atoms with Gasteiger partial charge in [0.05, 0.1) is 56.6 Å². The lowest BCUT2D eigenvalue weighted by Gasteiger charge is -2.39. The molecule has 0 saturated carbocycles. The third kappa shape index (κ3) is 16.3. The summed E-state index contributed by atoms with van der Waals surface area (Å²) in [5, 5.41) is 7.65. The van der Waals surface area contributed by atoms with Gasteiger partial charge in [-0.05, 0) is 205 Å². The number of para-hydroxylation sites is 1. The largest absolute Gasteiger partial charge is 0.475 e. The number of halogens is 9. The fraction of sp³-hybridized carbons (Fsp3) is 0.182. The molecule has 0 radical (unpaired) electrons. The molecule has 4 aromatic heterocycles. The van der Waals surface area contributed by atoms with Crippen LogP contribution >= 0.6 is 0 Å². The molecule has 0 aliphatic carbocycles. The summed E-state index contributed by atoms with van der Waals surface area (Å²) in [5.41, 5.74) is 0.859. The van der Waals surface area contributed by atoms with Gasteiger partial charge in [0.1, 0.15) is 23.8 Å². The fourth-order valence-electron chi connectivity index (χ4n) is 13.9. The van der Waals surface area contributed by atoms with E-state index in [0.717, 1.165) is 35.0 Å². The number of carbonyl (C=O) groups excluding carboxylic acids is 6. The number of hydrogen-bond acceptors (Lipinski definition) is 13. The zero-order valence-electron chi connectivity index (χ0n) is 63.5. The van der Waals surface area contributed by atoms with Crippen molar-refractivity contribution in [2.45, 2.75) is 104 Å². The second-order valence-electron chi connectivity index (χ2n) is 29.1. The summed E-state index contributed by atoms with van der Waals surface area (Å²) in [7, 11) is 0. The first kappa shape index (κ1) is 80.3. The number of alkyl halides is 9. The van der Waals surface area contributed by atoms with Crippen LogP contribution in [-0.2, 0) is 50.3 Å². The summed E-state index contributed by atoms with van der Waals surface area (Å²) in [6.07, 6.45) is -5.67. The topological polar surface area (TPSA) is 235 Å². The Balaban J connectivity index is 0.000000151. The molecule has 0 fully saturated rings. The van der Waals surface area contributed by atoms with Crippen molar-refractivity contribution in [3.05, 3.63) is 305 Å². The number of aromatic nitrogens is 6. The third-order valence-electron chi connectivity index (χ3n) is 19.7. The van der Waals surface area contributed by atoms with Crippen LogP contribution in [0.4, 0.5) is 85.3 Å². The van der Waals surface area contributed by atoms with E-state index in [2.05, 4.69) is 45.9 Å². The van der Waals surface area contributed by atoms with Crippen LogP contribution < -0.4 is 35.4 Å². The highest BCUT2D eigenvalue weighted by Gasteiger charge is 2.50. The molecule has 7 heterocycles. The van der Waals surface area contributed by atoms with Gasteiger partial charge in [0.15, 0.2) is 17.0 Å². The summed E-state index contributed by atoms with van der Waals surface area (Å²) in [6.45, 7) is 16.0. The van der Waals surface area contributed by atoms with Crippen molar-refractivity contribution in [2.24, 2.45) is 0 Å². The molecule has 15 rings (SSSR count). The van der Waals surface area contributed by atoms with Gasteiger partial charge < -0.3 is 25.6 Å². The average Bonchev–Trinajstić information content (AvgIpc) is 1.51. The van der Waals surface area contributed by atoms with Crippen molar-refractivity contribution in [3.8, 4) is 39.1 Å². The van der Waals surface area contributed by atoms with Crippen molar-refractivity contribution in [2.75, 3.05) is 30.7 Å². The molecule has 28 heteroatoms. The molecule has 0 spiro atoms. The molecule has 0 saturated heterocycles. The van der Waals surface area contributed by atoms with Crippen molar-refractivity contribution >= 4 is 81.2 Å². The number of rotatable bonds is 13. The summed E-state index contributed by atoms with van der Waals surface area (Å²) in [6, 6.07) is 52.1. The number of aryl methyl sites for hydroxylation is 3. The first-order chi connectivity index (χ1) is 54.9. The van der Waals surface area contributed by atoms with Crippen molar-refractivity contribution in [1.82, 2.24) is 29.9 Å². The molecule has 588 valence electrons. The van der Waals surface area contributed by atoms with Crippen molar-refractivity contribution in [1.29, 1.82) is 0 Å². The number of nitrogens with one attached hydrogen (secondary N) is 3. The van der Waals surface area contributed by atoms with E-state index in [1.165, 1.54) is 52.7 Å². The van der Waals surface area contributed by atoms with Gasteiger partial charge >= 0.3 is 18.5 Å². The van der Waals surface area contributed by atoms with Gasteiger partial charge in [-0.3, -0.25) is 43.6 Å². The average molecular weight is 1580 g/mol. The van der Waals surface area contributed by atoms with Gasteiger partial charge in [-0.1, -0.05) is 108 Å². The number of ether oxygens (including phenoxy) is 1. The molecular weight excluding hydrogens is 1510 g/mol. The Morgan fingerprint density at radius 1 is 0.414 bits per heavy atom. The van der Waals surface area contributed by atoms with Crippen LogP contribution in [0.15, 0.2) is 238 Å². The maximum absolute atomic E-state index is 13.9. The van der Waals surface area contributed by atoms with Crippen LogP contribution in [0.25, 0.3) is 33.4 Å². The standard InChI is InChI=1S/C30H25F3N4O2.C30H24F3N3O3.C28H22F3N5O2/c1-18-8-11-20(12-9-18)36-27(38)22-16-19(10-13-23(22)30(31,32)33)21-6-4-7-24-26(21)29(2,3)28(39)37(24)17-25-34-14-5-15-35-25;1-18-10-13-20(14-11-18)35-27(37)22-17-19(12-15-23(22)30(31,32)33)21-7-6-8-24-26(21)39-29(2,3)28(38)36(24)25-9-4-5-16-34-25;1-16-7-9-18(10-8-16)35-25(37)20-13-17(14-33-24(20)28(29,30)31)19-5-4-6-21-23(19)27(2,3)26(38)36(21)22-11-12-32-15-34-22/h4-16H,17H2,1-3H3,(H,36,38);4-17H,1-3H3,(H,35,37);4-15H,1-3H3,(H,35,37). The van der Waals surface area contributed by atoms with E-state index in [4.69, 9.17) is 4.74 Å². The van der Waals surface area contributed by atoms with Gasteiger partial charge in [-0.25, -0.2) is 24.9 Å². The zero-order chi connectivity index (χ0) is 83.1. The zero-order valence-corrected chi connectivity index (χ0v) is 63.5. The van der Waals surface area contributed by atoms with Crippen molar-refractivity contribution in [3.63, 3.8) is 0 Å². The number of pyridine rings is 2. The molecule has 3 N–H and O–H groups in total. The molecule has 19 nitrogen and oxygen atoms in total. The van der Waals surface area contributed by atoms with Gasteiger partial charge in [0.2, 0.25) is 11.8 Å². The lowest BCUT2D eigenvalue weighted by Crippen LogP contribution is -2.50. The Labute approximate surface area is 659 Å². The highest BCUT2D eigenvalue weighted by atomic mass is 19.4. The lowest BCUT2D eigenvalue weighted by molar-refractivity contribution is -0.141. The molecule has 0 bridgehead atoms. The molecule has 3 aliphatic rings. The molecule has 0 unspecified atom stereocenters. The molecule has 12 aromatic rings. The van der Waals surface area contributed by atoms with E-state index in [9.17, 15) is 68.3 Å². The molecule has 6 amide bonds. The van der Waals surface area contributed by atoms with E-state index in [1.807, 2.05) is 20.8 Å². The second-order valence-corrected chi connectivity index (χ2v) is 29.1.